The van der Waals surface area contributed by atoms with Crippen LogP contribution in [0.2, 0.25) is 0 Å². The largest absolute Gasteiger partial charge is 0.344 e. The van der Waals surface area contributed by atoms with E-state index >= 15 is 0 Å². The van der Waals surface area contributed by atoms with E-state index < -0.39 is 0 Å². The van der Waals surface area contributed by atoms with E-state index in [1.54, 1.807) is 0 Å². The highest BCUT2D eigenvalue weighted by Crippen LogP contribution is 2.12. The number of nitrogens with one attached hydrogen (secondary N) is 1. The van der Waals surface area contributed by atoms with Crippen molar-refractivity contribution in [1.29, 1.82) is 0 Å². The molecule has 0 aliphatic rings. The Hall–Kier alpha value is -0.0800. The SMILES string of the molecule is CCCCCCCCCCCCCNCCCCCCCCCCCCC.N. The van der Waals surface area contributed by atoms with E-state index in [0.717, 1.165) is 0 Å². The highest BCUT2D eigenvalue weighted by molar-refractivity contribution is 4.53. The van der Waals surface area contributed by atoms with E-state index in [0.29, 0.717) is 0 Å². The summed E-state index contributed by atoms with van der Waals surface area (Å²) in [5, 5.41) is 3.65. The van der Waals surface area contributed by atoms with Crippen LogP contribution in [0.25, 0.3) is 0 Å². The molecule has 0 heterocycles. The van der Waals surface area contributed by atoms with Crippen molar-refractivity contribution >= 4 is 0 Å². The molecule has 0 amide bonds. The topological polar surface area (TPSA) is 47.0 Å². The third-order valence-corrected chi connectivity index (χ3v) is 5.91. The lowest BCUT2D eigenvalue weighted by Crippen LogP contribution is -2.16. The zero-order chi connectivity index (χ0) is 19.7. The van der Waals surface area contributed by atoms with Crippen LogP contribution in [-0.2, 0) is 0 Å². The van der Waals surface area contributed by atoms with Crippen LogP contribution in [0.3, 0.4) is 0 Å². The monoisotopic (exact) mass is 398 g/mol. The van der Waals surface area contributed by atoms with Crippen LogP contribution in [0, 0.1) is 0 Å². The summed E-state index contributed by atoms with van der Waals surface area (Å²) < 4.78 is 0. The molecule has 0 saturated heterocycles. The molecule has 2 heteroatoms. The van der Waals surface area contributed by atoms with Crippen molar-refractivity contribution in [2.45, 2.75) is 155 Å². The summed E-state index contributed by atoms with van der Waals surface area (Å²) in [5.74, 6) is 0. The van der Waals surface area contributed by atoms with Crippen LogP contribution in [-0.4, -0.2) is 13.1 Å². The van der Waals surface area contributed by atoms with Crippen LogP contribution in [0.4, 0.5) is 0 Å². The highest BCUT2D eigenvalue weighted by Gasteiger charge is 1.95. The molecule has 0 aromatic carbocycles. The molecular formula is C26H58N2. The van der Waals surface area contributed by atoms with Crippen molar-refractivity contribution in [2.24, 2.45) is 0 Å². The molecule has 0 aromatic heterocycles. The predicted molar refractivity (Wildman–Crippen MR) is 131 cm³/mol. The van der Waals surface area contributed by atoms with Gasteiger partial charge in [0.2, 0.25) is 0 Å². The molecule has 28 heavy (non-hydrogen) atoms. The molecular weight excluding hydrogens is 340 g/mol. The molecule has 0 aliphatic heterocycles. The van der Waals surface area contributed by atoms with E-state index in [1.807, 2.05) is 0 Å². The van der Waals surface area contributed by atoms with Gasteiger partial charge in [-0.2, -0.15) is 0 Å². The maximum atomic E-state index is 3.65. The zero-order valence-corrected chi connectivity index (χ0v) is 20.2. The molecule has 0 rings (SSSR count). The van der Waals surface area contributed by atoms with Gasteiger partial charge < -0.3 is 11.5 Å². The molecule has 0 spiro atoms. The van der Waals surface area contributed by atoms with Gasteiger partial charge in [-0.05, 0) is 25.9 Å². The number of rotatable bonds is 24. The molecule has 0 aliphatic carbocycles. The van der Waals surface area contributed by atoms with Crippen molar-refractivity contribution in [3.8, 4) is 0 Å². The van der Waals surface area contributed by atoms with Gasteiger partial charge >= 0.3 is 0 Å². The number of unbranched alkanes of at least 4 members (excludes halogenated alkanes) is 20. The molecule has 0 saturated carbocycles. The van der Waals surface area contributed by atoms with E-state index in [-0.39, 0.29) is 6.15 Å². The Balaban J connectivity index is 0. The Labute approximate surface area is 180 Å². The molecule has 172 valence electrons. The van der Waals surface area contributed by atoms with Crippen LogP contribution in [0.5, 0.6) is 0 Å². The van der Waals surface area contributed by atoms with Crippen LogP contribution in [0.15, 0.2) is 0 Å². The second kappa shape index (κ2) is 29.1. The first-order valence-corrected chi connectivity index (χ1v) is 13.1. The Bertz CT molecular complexity index is 219. The average molecular weight is 399 g/mol. The quantitative estimate of drug-likeness (QED) is 0.159. The lowest BCUT2D eigenvalue weighted by Gasteiger charge is -2.06. The minimum atomic E-state index is 0. The standard InChI is InChI=1S/C26H55N.H3N/c1-3-5-7-9-11-13-15-17-19-21-23-25-27-26-24-22-20-18-16-14-12-10-8-6-4-2;/h27H,3-26H2,1-2H3;1H3. The van der Waals surface area contributed by atoms with Crippen molar-refractivity contribution in [3.05, 3.63) is 0 Å². The molecule has 0 aromatic rings. The fourth-order valence-corrected chi connectivity index (χ4v) is 3.95. The van der Waals surface area contributed by atoms with Gasteiger partial charge in [0.1, 0.15) is 0 Å². The zero-order valence-electron chi connectivity index (χ0n) is 20.2. The Kier molecular flexibility index (Phi) is 31.3. The van der Waals surface area contributed by atoms with Crippen molar-refractivity contribution in [1.82, 2.24) is 11.5 Å². The maximum Gasteiger partial charge on any atom is -0.00489 e. The van der Waals surface area contributed by atoms with E-state index in [2.05, 4.69) is 19.2 Å². The Morgan fingerprint density at radius 2 is 0.536 bits per heavy atom. The van der Waals surface area contributed by atoms with Gasteiger partial charge in [-0.15, -0.1) is 0 Å². The second-order valence-electron chi connectivity index (χ2n) is 8.82. The molecule has 0 atom stereocenters. The molecule has 2 nitrogen and oxygen atoms in total. The van der Waals surface area contributed by atoms with Crippen molar-refractivity contribution < 1.29 is 0 Å². The lowest BCUT2D eigenvalue weighted by atomic mass is 10.1. The summed E-state index contributed by atoms with van der Waals surface area (Å²) in [6.45, 7) is 7.09. The first-order valence-electron chi connectivity index (χ1n) is 13.1. The van der Waals surface area contributed by atoms with E-state index in [4.69, 9.17) is 0 Å². The average Bonchev–Trinajstić information content (AvgIpc) is 2.68. The van der Waals surface area contributed by atoms with Gasteiger partial charge in [0.15, 0.2) is 0 Å². The first kappa shape index (κ1) is 30.1. The highest BCUT2D eigenvalue weighted by atomic mass is 14.8. The summed E-state index contributed by atoms with van der Waals surface area (Å²) in [6, 6.07) is 0. The minimum Gasteiger partial charge on any atom is -0.344 e. The van der Waals surface area contributed by atoms with Gasteiger partial charge in [-0.25, -0.2) is 0 Å². The van der Waals surface area contributed by atoms with Gasteiger partial charge in [0.05, 0.1) is 0 Å². The number of hydrogen-bond acceptors (Lipinski definition) is 2. The third kappa shape index (κ3) is 28.1. The Morgan fingerprint density at radius 3 is 0.786 bits per heavy atom. The molecule has 0 radical (unpaired) electrons. The van der Waals surface area contributed by atoms with Crippen LogP contribution in [0.1, 0.15) is 155 Å². The summed E-state index contributed by atoms with van der Waals surface area (Å²) in [7, 11) is 0. The van der Waals surface area contributed by atoms with Gasteiger partial charge in [-0.1, -0.05) is 142 Å². The van der Waals surface area contributed by atoms with Gasteiger partial charge in [0.25, 0.3) is 0 Å². The molecule has 0 fully saturated rings. The third-order valence-electron chi connectivity index (χ3n) is 5.91. The minimum absolute atomic E-state index is 0. The summed E-state index contributed by atoms with van der Waals surface area (Å²) in [4.78, 5) is 0. The normalized spacial score (nSPS) is 10.9. The maximum absolute atomic E-state index is 3.65. The second-order valence-corrected chi connectivity index (χ2v) is 8.82. The fourth-order valence-electron chi connectivity index (χ4n) is 3.95. The van der Waals surface area contributed by atoms with Gasteiger partial charge in [0, 0.05) is 0 Å². The molecule has 4 N–H and O–H groups in total. The van der Waals surface area contributed by atoms with Gasteiger partial charge in [-0.3, -0.25) is 0 Å². The van der Waals surface area contributed by atoms with Crippen molar-refractivity contribution in [2.75, 3.05) is 13.1 Å². The fraction of sp³-hybridized carbons (Fsp3) is 1.00. The summed E-state index contributed by atoms with van der Waals surface area (Å²) >= 11 is 0. The Morgan fingerprint density at radius 1 is 0.321 bits per heavy atom. The van der Waals surface area contributed by atoms with Crippen molar-refractivity contribution in [3.63, 3.8) is 0 Å². The smallest absolute Gasteiger partial charge is 0.00489 e. The lowest BCUT2D eigenvalue weighted by molar-refractivity contribution is 0.523. The first-order chi connectivity index (χ1) is 13.4. The van der Waals surface area contributed by atoms with Crippen LogP contribution >= 0.6 is 0 Å². The molecule has 0 unspecified atom stereocenters. The summed E-state index contributed by atoms with van der Waals surface area (Å²) in [5.41, 5.74) is 0. The van der Waals surface area contributed by atoms with E-state index in [9.17, 15) is 0 Å². The number of hydrogen-bond donors (Lipinski definition) is 2. The predicted octanol–water partition coefficient (Wildman–Crippen LogP) is 9.36. The van der Waals surface area contributed by atoms with Crippen LogP contribution < -0.4 is 11.5 Å². The van der Waals surface area contributed by atoms with E-state index in [1.165, 1.54) is 154 Å². The molecule has 0 bridgehead atoms. The summed E-state index contributed by atoms with van der Waals surface area (Å²) in [6.07, 6.45) is 31.8.